The zero-order valence-corrected chi connectivity index (χ0v) is 12.8. The summed E-state index contributed by atoms with van der Waals surface area (Å²) in [6.45, 7) is 10.5. The highest BCUT2D eigenvalue weighted by Crippen LogP contribution is 2.33. The average molecular weight is 271 g/mol. The lowest BCUT2D eigenvalue weighted by Gasteiger charge is -2.33. The van der Waals surface area contributed by atoms with Crippen LogP contribution >= 0.6 is 11.3 Å². The predicted molar refractivity (Wildman–Crippen MR) is 76.0 cm³/mol. The van der Waals surface area contributed by atoms with Crippen LogP contribution in [0, 0.1) is 11.3 Å². The number of aliphatic hydroxyl groups is 2. The average Bonchev–Trinajstić information content (AvgIpc) is 2.73. The van der Waals surface area contributed by atoms with E-state index in [0.717, 1.165) is 10.7 Å². The van der Waals surface area contributed by atoms with Gasteiger partial charge in [0.1, 0.15) is 0 Å². The van der Waals surface area contributed by atoms with E-state index in [1.807, 2.05) is 13.8 Å². The van der Waals surface area contributed by atoms with Crippen LogP contribution in [0.15, 0.2) is 5.38 Å². The number of hydrogen-bond donors (Lipinski definition) is 2. The fraction of sp³-hybridized carbons (Fsp3) is 0.786. The van der Waals surface area contributed by atoms with Crippen molar-refractivity contribution in [2.45, 2.75) is 46.5 Å². The van der Waals surface area contributed by atoms with E-state index in [-0.39, 0.29) is 24.5 Å². The third kappa shape index (κ3) is 3.31. The van der Waals surface area contributed by atoms with Gasteiger partial charge in [-0.15, -0.1) is 11.3 Å². The van der Waals surface area contributed by atoms with E-state index in [1.165, 1.54) is 0 Å². The Balaban J connectivity index is 2.92. The molecule has 0 radical (unpaired) electrons. The molecule has 3 nitrogen and oxygen atoms in total. The summed E-state index contributed by atoms with van der Waals surface area (Å²) in [4.78, 5) is 4.64. The Morgan fingerprint density at radius 1 is 1.22 bits per heavy atom. The molecule has 0 amide bonds. The van der Waals surface area contributed by atoms with Crippen molar-refractivity contribution in [3.05, 3.63) is 16.1 Å². The van der Waals surface area contributed by atoms with E-state index in [2.05, 4.69) is 31.1 Å². The van der Waals surface area contributed by atoms with Gasteiger partial charge in [-0.1, -0.05) is 34.6 Å². The van der Waals surface area contributed by atoms with Crippen molar-refractivity contribution in [2.75, 3.05) is 13.2 Å². The molecule has 1 heterocycles. The quantitative estimate of drug-likeness (QED) is 0.865. The van der Waals surface area contributed by atoms with Crippen molar-refractivity contribution in [3.63, 3.8) is 0 Å². The molecular formula is C14H25NO2S. The maximum absolute atomic E-state index is 9.59. The monoisotopic (exact) mass is 271 g/mol. The van der Waals surface area contributed by atoms with Crippen LogP contribution in [0.1, 0.15) is 45.3 Å². The minimum Gasteiger partial charge on any atom is -0.396 e. The van der Waals surface area contributed by atoms with E-state index in [9.17, 15) is 10.2 Å². The summed E-state index contributed by atoms with van der Waals surface area (Å²) in [5.41, 5.74) is 0.664. The van der Waals surface area contributed by atoms with Gasteiger partial charge >= 0.3 is 0 Å². The maximum Gasteiger partial charge on any atom is 0.0935 e. The van der Waals surface area contributed by atoms with Crippen LogP contribution in [0.2, 0.25) is 0 Å². The van der Waals surface area contributed by atoms with Crippen LogP contribution < -0.4 is 0 Å². The Kier molecular flexibility index (Phi) is 4.92. The van der Waals surface area contributed by atoms with E-state index >= 15 is 0 Å². The molecule has 1 aromatic heterocycles. The maximum atomic E-state index is 9.59. The van der Waals surface area contributed by atoms with Crippen molar-refractivity contribution >= 4 is 11.3 Å². The zero-order chi connectivity index (χ0) is 14.0. The smallest absolute Gasteiger partial charge is 0.0935 e. The molecule has 0 bridgehead atoms. The Morgan fingerprint density at radius 3 is 2.11 bits per heavy atom. The summed E-state index contributed by atoms with van der Waals surface area (Å²) in [6, 6.07) is 0. The van der Waals surface area contributed by atoms with Crippen LogP contribution in [-0.4, -0.2) is 28.4 Å². The van der Waals surface area contributed by atoms with E-state index in [1.54, 1.807) is 11.3 Å². The lowest BCUT2D eigenvalue weighted by molar-refractivity contribution is 0.0162. The van der Waals surface area contributed by atoms with E-state index in [0.29, 0.717) is 6.42 Å². The van der Waals surface area contributed by atoms with Gasteiger partial charge in [-0.25, -0.2) is 4.98 Å². The molecular weight excluding hydrogens is 246 g/mol. The Bertz CT molecular complexity index is 375. The van der Waals surface area contributed by atoms with Crippen molar-refractivity contribution in [3.8, 4) is 0 Å². The first-order valence-corrected chi connectivity index (χ1v) is 7.30. The first-order chi connectivity index (χ1) is 8.25. The molecule has 4 heteroatoms. The lowest BCUT2D eigenvalue weighted by Crippen LogP contribution is -2.37. The van der Waals surface area contributed by atoms with Gasteiger partial charge in [0.15, 0.2) is 0 Å². The van der Waals surface area contributed by atoms with Gasteiger partial charge in [-0.2, -0.15) is 0 Å². The summed E-state index contributed by atoms with van der Waals surface area (Å²) in [5, 5.41) is 22.3. The zero-order valence-electron chi connectivity index (χ0n) is 12.0. The first kappa shape index (κ1) is 15.6. The van der Waals surface area contributed by atoms with Crippen LogP contribution in [0.3, 0.4) is 0 Å². The highest BCUT2D eigenvalue weighted by Gasteiger charge is 2.34. The number of nitrogens with zero attached hydrogens (tertiary/aromatic N) is 1. The third-order valence-corrected chi connectivity index (χ3v) is 4.53. The minimum atomic E-state index is -0.465. The normalized spacial score (nSPS) is 13.3. The molecule has 0 aliphatic rings. The molecule has 0 unspecified atom stereocenters. The molecule has 0 aromatic carbocycles. The Morgan fingerprint density at radius 2 is 1.78 bits per heavy atom. The summed E-state index contributed by atoms with van der Waals surface area (Å²) < 4.78 is 0. The molecule has 0 atom stereocenters. The summed E-state index contributed by atoms with van der Waals surface area (Å²) in [7, 11) is 0. The second-order valence-corrected chi connectivity index (χ2v) is 7.33. The van der Waals surface area contributed by atoms with E-state index in [4.69, 9.17) is 0 Å². The van der Waals surface area contributed by atoms with Crippen molar-refractivity contribution < 1.29 is 10.2 Å². The Labute approximate surface area is 114 Å². The van der Waals surface area contributed by atoms with Crippen molar-refractivity contribution in [2.24, 2.45) is 11.3 Å². The van der Waals surface area contributed by atoms with Crippen LogP contribution in [0.25, 0.3) is 0 Å². The molecule has 0 fully saturated rings. The minimum absolute atomic E-state index is 0.00834. The second-order valence-electron chi connectivity index (χ2n) is 6.39. The SMILES string of the molecule is CC(C)C(CO)(CO)Cc1nc(C(C)(C)C)cs1. The molecule has 104 valence electrons. The second kappa shape index (κ2) is 5.68. The van der Waals surface area contributed by atoms with Crippen molar-refractivity contribution in [1.82, 2.24) is 4.98 Å². The lowest BCUT2D eigenvalue weighted by atomic mass is 9.76. The molecule has 0 spiro atoms. The molecule has 2 N–H and O–H groups in total. The highest BCUT2D eigenvalue weighted by molar-refractivity contribution is 7.09. The molecule has 0 aliphatic carbocycles. The topological polar surface area (TPSA) is 53.4 Å². The van der Waals surface area contributed by atoms with Gasteiger partial charge in [-0.05, 0) is 5.92 Å². The molecule has 1 rings (SSSR count). The molecule has 0 aliphatic heterocycles. The largest absolute Gasteiger partial charge is 0.396 e. The van der Waals surface area contributed by atoms with Gasteiger partial charge in [0.05, 0.1) is 23.9 Å². The van der Waals surface area contributed by atoms with Gasteiger partial charge in [-0.3, -0.25) is 0 Å². The van der Waals surface area contributed by atoms with Crippen LogP contribution in [0.5, 0.6) is 0 Å². The van der Waals surface area contributed by atoms with Crippen molar-refractivity contribution in [1.29, 1.82) is 0 Å². The van der Waals surface area contributed by atoms with Gasteiger partial charge in [0.25, 0.3) is 0 Å². The fourth-order valence-corrected chi connectivity index (χ4v) is 2.94. The van der Waals surface area contributed by atoms with Gasteiger partial charge in [0, 0.05) is 22.6 Å². The van der Waals surface area contributed by atoms with E-state index < -0.39 is 5.41 Å². The Hall–Kier alpha value is -0.450. The number of aromatic nitrogens is 1. The summed E-state index contributed by atoms with van der Waals surface area (Å²) in [5.74, 6) is 0.217. The molecule has 18 heavy (non-hydrogen) atoms. The molecule has 0 saturated carbocycles. The number of aliphatic hydroxyl groups excluding tert-OH is 2. The number of hydrogen-bond acceptors (Lipinski definition) is 4. The molecule has 0 saturated heterocycles. The number of thiazole rings is 1. The van der Waals surface area contributed by atoms with Gasteiger partial charge in [0.2, 0.25) is 0 Å². The molecule has 1 aromatic rings. The highest BCUT2D eigenvalue weighted by atomic mass is 32.1. The van der Waals surface area contributed by atoms with Crippen LogP contribution in [0.4, 0.5) is 0 Å². The first-order valence-electron chi connectivity index (χ1n) is 6.42. The fourth-order valence-electron chi connectivity index (χ4n) is 1.77. The summed E-state index contributed by atoms with van der Waals surface area (Å²) >= 11 is 1.62. The number of rotatable bonds is 5. The third-order valence-electron chi connectivity index (χ3n) is 3.68. The standard InChI is InChI=1S/C14H25NO2S/c1-10(2)14(8-16,9-17)6-12-15-11(7-18-12)13(3,4)5/h7,10,16-17H,6,8-9H2,1-5H3. The van der Waals surface area contributed by atoms with Crippen LogP contribution in [-0.2, 0) is 11.8 Å². The predicted octanol–water partition coefficient (Wildman–Crippen LogP) is 2.61. The van der Waals surface area contributed by atoms with Gasteiger partial charge < -0.3 is 10.2 Å². The summed E-state index contributed by atoms with van der Waals surface area (Å²) in [6.07, 6.45) is 0.637.